The first-order chi connectivity index (χ1) is 22.0. The molecule has 3 heteroatoms. The maximum atomic E-state index is 5.21. The summed E-state index contributed by atoms with van der Waals surface area (Å²) >= 11 is 0. The van der Waals surface area contributed by atoms with Gasteiger partial charge in [-0.3, -0.25) is 0 Å². The minimum absolute atomic E-state index is 0.153. The van der Waals surface area contributed by atoms with E-state index in [-0.39, 0.29) is 5.41 Å². The Bertz CT molecular complexity index is 2380. The highest BCUT2D eigenvalue weighted by Gasteiger charge is 2.37. The van der Waals surface area contributed by atoms with Crippen molar-refractivity contribution in [2.24, 2.45) is 0 Å². The van der Waals surface area contributed by atoms with Crippen molar-refractivity contribution < 1.29 is 0 Å². The fraction of sp³-hybridized carbons (Fsp3) is 0.0714. The standard InChI is InChI=1S/C42H29N3/c1-42(2)36-17-9-16-34(38(36)35-24-30-14-7-8-15-31(30)25-37(35)42)41-44-39(32-20-18-26-10-3-5-12-28(26)22-32)43-40(45-41)33-21-19-27-11-4-6-13-29(27)23-33/h3-25H,1-2H3. The van der Waals surface area contributed by atoms with E-state index >= 15 is 0 Å². The highest BCUT2D eigenvalue weighted by Crippen LogP contribution is 2.52. The summed E-state index contributed by atoms with van der Waals surface area (Å²) in [5, 5.41) is 7.20. The lowest BCUT2D eigenvalue weighted by Gasteiger charge is -2.22. The zero-order valence-electron chi connectivity index (χ0n) is 25.1. The Morgan fingerprint density at radius 1 is 0.378 bits per heavy atom. The van der Waals surface area contributed by atoms with Crippen molar-refractivity contribution in [2.45, 2.75) is 19.3 Å². The SMILES string of the molecule is CC1(C)c2cc3ccccc3cc2-c2c(-c3nc(-c4ccc5ccccc5c4)nc(-c4ccc5ccccc5c4)n3)cccc21. The van der Waals surface area contributed by atoms with Crippen molar-refractivity contribution in [1.29, 1.82) is 0 Å². The van der Waals surface area contributed by atoms with Gasteiger partial charge >= 0.3 is 0 Å². The summed E-state index contributed by atoms with van der Waals surface area (Å²) in [5.41, 5.74) is 7.92. The molecule has 212 valence electrons. The van der Waals surface area contributed by atoms with Gasteiger partial charge in [0.1, 0.15) is 0 Å². The van der Waals surface area contributed by atoms with Gasteiger partial charge in [-0.05, 0) is 78.8 Å². The van der Waals surface area contributed by atoms with Gasteiger partial charge in [-0.1, -0.05) is 129 Å². The molecular formula is C42H29N3. The fourth-order valence-electron chi connectivity index (χ4n) is 7.07. The molecular weight excluding hydrogens is 546 g/mol. The zero-order valence-corrected chi connectivity index (χ0v) is 25.1. The molecule has 9 rings (SSSR count). The molecule has 0 amide bonds. The Kier molecular flexibility index (Phi) is 5.54. The molecule has 1 aliphatic rings. The first-order valence-corrected chi connectivity index (χ1v) is 15.4. The molecule has 1 aliphatic carbocycles. The van der Waals surface area contributed by atoms with Crippen LogP contribution in [0.4, 0.5) is 0 Å². The summed E-state index contributed by atoms with van der Waals surface area (Å²) < 4.78 is 0. The molecule has 0 spiro atoms. The third-order valence-corrected chi connectivity index (χ3v) is 9.46. The fourth-order valence-corrected chi connectivity index (χ4v) is 7.07. The first-order valence-electron chi connectivity index (χ1n) is 15.4. The van der Waals surface area contributed by atoms with Crippen LogP contribution in [0.3, 0.4) is 0 Å². The van der Waals surface area contributed by atoms with Crippen LogP contribution in [0.5, 0.6) is 0 Å². The van der Waals surface area contributed by atoms with Crippen molar-refractivity contribution in [1.82, 2.24) is 15.0 Å². The van der Waals surface area contributed by atoms with Gasteiger partial charge in [-0.2, -0.15) is 0 Å². The van der Waals surface area contributed by atoms with Gasteiger partial charge in [0.05, 0.1) is 0 Å². The summed E-state index contributed by atoms with van der Waals surface area (Å²) in [7, 11) is 0. The van der Waals surface area contributed by atoms with E-state index in [1.807, 2.05) is 0 Å². The Labute approximate surface area is 261 Å². The van der Waals surface area contributed by atoms with E-state index in [2.05, 4.69) is 153 Å². The van der Waals surface area contributed by atoms with Crippen LogP contribution in [0.1, 0.15) is 25.0 Å². The Morgan fingerprint density at radius 3 is 1.44 bits per heavy atom. The van der Waals surface area contributed by atoms with E-state index in [0.717, 1.165) is 27.5 Å². The van der Waals surface area contributed by atoms with E-state index < -0.39 is 0 Å². The number of nitrogens with zero attached hydrogens (tertiary/aromatic N) is 3. The van der Waals surface area contributed by atoms with Gasteiger partial charge in [0.15, 0.2) is 17.5 Å². The zero-order chi connectivity index (χ0) is 30.1. The molecule has 3 nitrogen and oxygen atoms in total. The van der Waals surface area contributed by atoms with Crippen LogP contribution >= 0.6 is 0 Å². The molecule has 0 N–H and O–H groups in total. The van der Waals surface area contributed by atoms with E-state index in [1.165, 1.54) is 43.8 Å². The lowest BCUT2D eigenvalue weighted by atomic mass is 9.81. The minimum Gasteiger partial charge on any atom is -0.208 e. The van der Waals surface area contributed by atoms with Crippen LogP contribution in [0, 0.1) is 0 Å². The highest BCUT2D eigenvalue weighted by atomic mass is 15.0. The second-order valence-electron chi connectivity index (χ2n) is 12.5. The number of fused-ring (bicyclic) bond motifs is 6. The topological polar surface area (TPSA) is 38.7 Å². The normalized spacial score (nSPS) is 13.3. The summed E-state index contributed by atoms with van der Waals surface area (Å²) in [6, 6.07) is 49.6. The van der Waals surface area contributed by atoms with Gasteiger partial charge in [0, 0.05) is 22.1 Å². The van der Waals surface area contributed by atoms with Crippen molar-refractivity contribution >= 4 is 32.3 Å². The predicted octanol–water partition coefficient (Wildman–Crippen LogP) is 10.6. The molecule has 1 aromatic heterocycles. The Balaban J connectivity index is 1.31. The number of benzene rings is 7. The lowest BCUT2D eigenvalue weighted by molar-refractivity contribution is 0.661. The summed E-state index contributed by atoms with van der Waals surface area (Å²) in [6.07, 6.45) is 0. The summed E-state index contributed by atoms with van der Waals surface area (Å²) in [4.78, 5) is 15.5. The first kappa shape index (κ1) is 25.8. The predicted molar refractivity (Wildman–Crippen MR) is 186 cm³/mol. The van der Waals surface area contributed by atoms with Gasteiger partial charge < -0.3 is 0 Å². The van der Waals surface area contributed by atoms with Crippen LogP contribution in [0.2, 0.25) is 0 Å². The summed E-state index contributed by atoms with van der Waals surface area (Å²) in [6.45, 7) is 4.65. The molecule has 0 radical (unpaired) electrons. The molecule has 0 bridgehead atoms. The molecule has 0 saturated carbocycles. The molecule has 8 aromatic rings. The third-order valence-electron chi connectivity index (χ3n) is 9.46. The van der Waals surface area contributed by atoms with Gasteiger partial charge in [0.2, 0.25) is 0 Å². The number of rotatable bonds is 3. The molecule has 0 aliphatic heterocycles. The Morgan fingerprint density at radius 2 is 0.867 bits per heavy atom. The average molecular weight is 576 g/mol. The molecule has 0 atom stereocenters. The number of hydrogen-bond acceptors (Lipinski definition) is 3. The third kappa shape index (κ3) is 4.08. The van der Waals surface area contributed by atoms with Crippen LogP contribution in [0.15, 0.2) is 140 Å². The quantitative estimate of drug-likeness (QED) is 0.210. The number of aromatic nitrogens is 3. The van der Waals surface area contributed by atoms with Crippen LogP contribution in [0.25, 0.3) is 77.6 Å². The van der Waals surface area contributed by atoms with Crippen molar-refractivity contribution in [3.8, 4) is 45.3 Å². The van der Waals surface area contributed by atoms with Gasteiger partial charge in [-0.15, -0.1) is 0 Å². The second kappa shape index (κ2) is 9.67. The van der Waals surface area contributed by atoms with E-state index in [1.54, 1.807) is 0 Å². The lowest BCUT2D eigenvalue weighted by Crippen LogP contribution is -2.15. The van der Waals surface area contributed by atoms with Crippen molar-refractivity contribution in [3.05, 3.63) is 151 Å². The van der Waals surface area contributed by atoms with E-state index in [0.29, 0.717) is 17.5 Å². The molecule has 0 saturated heterocycles. The molecule has 1 heterocycles. The monoisotopic (exact) mass is 575 g/mol. The Hall–Kier alpha value is -5.67. The van der Waals surface area contributed by atoms with Crippen LogP contribution in [-0.2, 0) is 5.41 Å². The molecule has 0 unspecified atom stereocenters. The van der Waals surface area contributed by atoms with Gasteiger partial charge in [0.25, 0.3) is 0 Å². The van der Waals surface area contributed by atoms with Crippen LogP contribution < -0.4 is 0 Å². The average Bonchev–Trinajstić information content (AvgIpc) is 3.32. The maximum absolute atomic E-state index is 5.21. The number of hydrogen-bond donors (Lipinski definition) is 0. The molecule has 0 fully saturated rings. The van der Waals surface area contributed by atoms with Crippen molar-refractivity contribution in [3.63, 3.8) is 0 Å². The van der Waals surface area contributed by atoms with E-state index in [9.17, 15) is 0 Å². The van der Waals surface area contributed by atoms with Gasteiger partial charge in [-0.25, -0.2) is 15.0 Å². The second-order valence-corrected chi connectivity index (χ2v) is 12.5. The summed E-state index contributed by atoms with van der Waals surface area (Å²) in [5.74, 6) is 2.02. The van der Waals surface area contributed by atoms with Crippen molar-refractivity contribution in [2.75, 3.05) is 0 Å². The smallest absolute Gasteiger partial charge is 0.164 e. The largest absolute Gasteiger partial charge is 0.208 e. The van der Waals surface area contributed by atoms with Crippen LogP contribution in [-0.4, -0.2) is 15.0 Å². The van der Waals surface area contributed by atoms with E-state index in [4.69, 9.17) is 15.0 Å². The maximum Gasteiger partial charge on any atom is 0.164 e. The molecule has 45 heavy (non-hydrogen) atoms. The highest BCUT2D eigenvalue weighted by molar-refractivity contribution is 5.98. The molecule has 7 aromatic carbocycles. The minimum atomic E-state index is -0.153.